The lowest BCUT2D eigenvalue weighted by Crippen LogP contribution is -2.19. The molecule has 0 spiro atoms. The third-order valence-corrected chi connectivity index (χ3v) is 12.0. The number of aromatic nitrogens is 1. The van der Waals surface area contributed by atoms with Gasteiger partial charge in [0.25, 0.3) is 0 Å². The van der Waals surface area contributed by atoms with Crippen LogP contribution < -0.4 is 4.74 Å². The monoisotopic (exact) mass is 657 g/mol. The van der Waals surface area contributed by atoms with Gasteiger partial charge < -0.3 is 4.74 Å². The fourth-order valence-corrected chi connectivity index (χ4v) is 9.20. The first-order valence-electron chi connectivity index (χ1n) is 18.0. The van der Waals surface area contributed by atoms with E-state index in [1.807, 2.05) is 12.3 Å². The molecule has 1 unspecified atom stereocenters. The van der Waals surface area contributed by atoms with Crippen LogP contribution in [0, 0.1) is 0 Å². The molecule has 0 fully saturated rings. The highest BCUT2D eigenvalue weighted by Gasteiger charge is 2.37. The molecule has 0 bridgehead atoms. The number of fused-ring (bicyclic) bond motifs is 8. The molecule has 2 nitrogen and oxygen atoms in total. The number of benzene rings is 6. The second-order valence-corrected chi connectivity index (χ2v) is 15.7. The molecule has 0 amide bonds. The van der Waals surface area contributed by atoms with Crippen LogP contribution >= 0.6 is 0 Å². The van der Waals surface area contributed by atoms with Crippen LogP contribution in [0.2, 0.25) is 0 Å². The van der Waals surface area contributed by atoms with E-state index in [0.29, 0.717) is 0 Å². The van der Waals surface area contributed by atoms with E-state index in [9.17, 15) is 0 Å². The van der Waals surface area contributed by atoms with Crippen LogP contribution in [-0.4, -0.2) is 4.98 Å². The van der Waals surface area contributed by atoms with Crippen LogP contribution in [0.25, 0.3) is 55.4 Å². The predicted molar refractivity (Wildman–Crippen MR) is 210 cm³/mol. The highest BCUT2D eigenvalue weighted by molar-refractivity contribution is 5.88. The van der Waals surface area contributed by atoms with Gasteiger partial charge in [-0.05, 0) is 120 Å². The molecule has 0 radical (unpaired) electrons. The summed E-state index contributed by atoms with van der Waals surface area (Å²) in [5, 5.41) is 1.11. The van der Waals surface area contributed by atoms with Crippen LogP contribution in [0.3, 0.4) is 0 Å². The lowest BCUT2D eigenvalue weighted by molar-refractivity contribution is 0.226. The van der Waals surface area contributed by atoms with E-state index in [0.717, 1.165) is 39.8 Å². The minimum Gasteiger partial charge on any atom is -0.481 e. The zero-order valence-corrected chi connectivity index (χ0v) is 29.5. The molecule has 7 aromatic rings. The van der Waals surface area contributed by atoms with Crippen molar-refractivity contribution < 1.29 is 4.74 Å². The van der Waals surface area contributed by atoms with Gasteiger partial charge in [-0.15, -0.1) is 0 Å². The first-order chi connectivity index (χ1) is 24.7. The van der Waals surface area contributed by atoms with E-state index >= 15 is 0 Å². The molecule has 2 heterocycles. The maximum atomic E-state index is 7.05. The molecule has 2 aliphatic carbocycles. The third-order valence-electron chi connectivity index (χ3n) is 12.0. The Bertz CT molecular complexity index is 2620. The minimum absolute atomic E-state index is 0.0795. The van der Waals surface area contributed by atoms with Crippen LogP contribution in [-0.2, 0) is 17.3 Å². The normalized spacial score (nSPS) is 17.3. The first kappa shape index (κ1) is 30.1. The van der Waals surface area contributed by atoms with E-state index in [2.05, 4.69) is 161 Å². The summed E-state index contributed by atoms with van der Waals surface area (Å²) < 4.78 is 7.05. The quantitative estimate of drug-likeness (QED) is 0.176. The van der Waals surface area contributed by atoms with Crippen molar-refractivity contribution in [1.29, 1.82) is 0 Å². The minimum atomic E-state index is -0.243. The molecule has 51 heavy (non-hydrogen) atoms. The standard InChI is InChI=1S/C49H39NO/c1-29-23-40-39(31-17-20-38-36-13-7-9-15-42(36)49(4,5)44(38)27-31)25-34(28-46(40)51-47(29)33-18-21-45-32(24-33)11-10-22-50-45)30-16-19-37-35-12-6-8-14-41(35)48(2,3)43(37)26-30/h6-22,24-28,47H,1,23H2,2-5H3. The fourth-order valence-electron chi connectivity index (χ4n) is 9.20. The van der Waals surface area contributed by atoms with Gasteiger partial charge in [-0.25, -0.2) is 0 Å². The number of pyridine rings is 1. The van der Waals surface area contributed by atoms with Crippen molar-refractivity contribution in [2.75, 3.05) is 0 Å². The van der Waals surface area contributed by atoms with Crippen molar-refractivity contribution >= 4 is 10.9 Å². The predicted octanol–water partition coefficient (Wildman–Crippen LogP) is 12.4. The van der Waals surface area contributed by atoms with Gasteiger partial charge in [0.1, 0.15) is 11.9 Å². The van der Waals surface area contributed by atoms with Gasteiger partial charge in [-0.3, -0.25) is 4.98 Å². The van der Waals surface area contributed by atoms with E-state index in [4.69, 9.17) is 4.74 Å². The molecule has 6 aromatic carbocycles. The number of hydrogen-bond donors (Lipinski definition) is 0. The molecule has 0 saturated carbocycles. The lowest BCUT2D eigenvalue weighted by atomic mass is 9.80. The zero-order valence-electron chi connectivity index (χ0n) is 29.5. The Morgan fingerprint density at radius 3 is 1.90 bits per heavy atom. The van der Waals surface area contributed by atoms with Crippen molar-refractivity contribution in [2.45, 2.75) is 51.0 Å². The number of nitrogens with zero attached hydrogens (tertiary/aromatic N) is 1. The number of ether oxygens (including phenoxy) is 1. The maximum absolute atomic E-state index is 7.05. The largest absolute Gasteiger partial charge is 0.481 e. The average molecular weight is 658 g/mol. The fraction of sp³-hybridized carbons (Fsp3) is 0.163. The van der Waals surface area contributed by atoms with Gasteiger partial charge in [0.05, 0.1) is 5.52 Å². The Hall–Kier alpha value is -5.73. The van der Waals surface area contributed by atoms with Gasteiger partial charge >= 0.3 is 0 Å². The average Bonchev–Trinajstić information content (AvgIpc) is 3.53. The van der Waals surface area contributed by atoms with Gasteiger partial charge in [0.15, 0.2) is 0 Å². The molecular formula is C49H39NO. The van der Waals surface area contributed by atoms with E-state index in [1.54, 1.807) is 0 Å². The Morgan fingerprint density at radius 2 is 1.20 bits per heavy atom. The van der Waals surface area contributed by atoms with Gasteiger partial charge in [0, 0.05) is 34.4 Å². The maximum Gasteiger partial charge on any atom is 0.145 e. The molecule has 3 aliphatic rings. The SMILES string of the molecule is C=C1Cc2c(cc(-c3ccc4c(c3)C(C)(C)c3ccccc3-4)cc2-c2ccc3c(c2)C(C)(C)c2ccccc2-3)OC1c1ccc2ncccc2c1. The first-order valence-corrected chi connectivity index (χ1v) is 18.0. The van der Waals surface area contributed by atoms with Crippen LogP contribution in [0.1, 0.15) is 67.2 Å². The van der Waals surface area contributed by atoms with Gasteiger partial charge in [0.2, 0.25) is 0 Å². The van der Waals surface area contributed by atoms with E-state index < -0.39 is 0 Å². The Kier molecular flexibility index (Phi) is 6.28. The van der Waals surface area contributed by atoms with Crippen LogP contribution in [0.15, 0.2) is 146 Å². The van der Waals surface area contributed by atoms with E-state index in [1.165, 1.54) is 66.8 Å². The third kappa shape index (κ3) is 4.39. The van der Waals surface area contributed by atoms with Crippen LogP contribution in [0.5, 0.6) is 5.75 Å². The summed E-state index contributed by atoms with van der Waals surface area (Å²) >= 11 is 0. The van der Waals surface area contributed by atoms with Crippen molar-refractivity contribution in [2.24, 2.45) is 0 Å². The molecule has 2 heteroatoms. The second-order valence-electron chi connectivity index (χ2n) is 15.7. The molecule has 10 rings (SSSR count). The summed E-state index contributed by atoms with van der Waals surface area (Å²) in [5.74, 6) is 0.928. The molecule has 0 saturated heterocycles. The summed E-state index contributed by atoms with van der Waals surface area (Å²) in [5.41, 5.74) is 19.8. The van der Waals surface area contributed by atoms with Gasteiger partial charge in [-0.1, -0.05) is 119 Å². The molecule has 1 aromatic heterocycles. The summed E-state index contributed by atoms with van der Waals surface area (Å²) in [6, 6.07) is 47.0. The van der Waals surface area contributed by atoms with Crippen molar-refractivity contribution in [3.05, 3.63) is 179 Å². The Labute approximate surface area is 300 Å². The lowest BCUT2D eigenvalue weighted by Gasteiger charge is -2.31. The Morgan fingerprint density at radius 1 is 0.569 bits per heavy atom. The van der Waals surface area contributed by atoms with Crippen LogP contribution in [0.4, 0.5) is 0 Å². The summed E-state index contributed by atoms with van der Waals surface area (Å²) in [4.78, 5) is 4.55. The molecule has 0 N–H and O–H groups in total. The van der Waals surface area contributed by atoms with E-state index in [-0.39, 0.29) is 16.9 Å². The van der Waals surface area contributed by atoms with Crippen molar-refractivity contribution in [1.82, 2.24) is 4.98 Å². The molecule has 246 valence electrons. The molecule has 1 atom stereocenters. The Balaban J connectivity index is 1.14. The topological polar surface area (TPSA) is 22.1 Å². The smallest absolute Gasteiger partial charge is 0.145 e. The van der Waals surface area contributed by atoms with Crippen molar-refractivity contribution in [3.63, 3.8) is 0 Å². The zero-order chi connectivity index (χ0) is 34.6. The summed E-state index contributed by atoms with van der Waals surface area (Å²) in [6.45, 7) is 14.0. The summed E-state index contributed by atoms with van der Waals surface area (Å²) in [6.07, 6.45) is 2.34. The molecular weight excluding hydrogens is 619 g/mol. The number of rotatable bonds is 3. The van der Waals surface area contributed by atoms with Crippen molar-refractivity contribution in [3.8, 4) is 50.3 Å². The number of hydrogen-bond acceptors (Lipinski definition) is 2. The summed E-state index contributed by atoms with van der Waals surface area (Å²) in [7, 11) is 0. The van der Waals surface area contributed by atoms with Gasteiger partial charge in [-0.2, -0.15) is 0 Å². The highest BCUT2D eigenvalue weighted by Crippen LogP contribution is 2.53. The highest BCUT2D eigenvalue weighted by atomic mass is 16.5. The second kappa shape index (κ2) is 10.6. The molecule has 1 aliphatic heterocycles.